The first-order valence-corrected chi connectivity index (χ1v) is 7.12. The molecule has 18 heavy (non-hydrogen) atoms. The third-order valence-electron chi connectivity index (χ3n) is 2.20. The van der Waals surface area contributed by atoms with E-state index in [4.69, 9.17) is 4.52 Å². The number of rotatable bonds is 5. The van der Waals surface area contributed by atoms with Crippen LogP contribution in [0.3, 0.4) is 0 Å². The Labute approximate surface area is 106 Å². The van der Waals surface area contributed by atoms with Crippen molar-refractivity contribution in [2.24, 2.45) is 0 Å². The van der Waals surface area contributed by atoms with Gasteiger partial charge in [-0.25, -0.2) is 0 Å². The Morgan fingerprint density at radius 1 is 1.61 bits per heavy atom. The Morgan fingerprint density at radius 2 is 2.22 bits per heavy atom. The van der Waals surface area contributed by atoms with Crippen LogP contribution in [0.25, 0.3) is 5.57 Å². The lowest BCUT2D eigenvalue weighted by molar-refractivity contribution is 0.0701. The van der Waals surface area contributed by atoms with Gasteiger partial charge in [-0.1, -0.05) is 11.2 Å². The average molecular weight is 275 g/mol. The molecule has 1 heterocycles. The first-order valence-electron chi connectivity index (χ1n) is 5.31. The zero-order chi connectivity index (χ0) is 14.0. The summed E-state index contributed by atoms with van der Waals surface area (Å²) in [5.41, 5.74) is 0.0154. The molecule has 0 aliphatic rings. The van der Waals surface area contributed by atoms with Crippen molar-refractivity contribution in [3.63, 3.8) is 0 Å². The number of hydrogen-bond acceptors (Lipinski definition) is 6. The summed E-state index contributed by atoms with van der Waals surface area (Å²) in [5.74, 6) is 0.462. The zero-order valence-corrected chi connectivity index (χ0v) is 11.6. The molecule has 1 aromatic rings. The molecule has 0 atom stereocenters. The van der Waals surface area contributed by atoms with Crippen LogP contribution in [0.2, 0.25) is 0 Å². The van der Waals surface area contributed by atoms with E-state index >= 15 is 0 Å². The molecule has 0 saturated carbocycles. The van der Waals surface area contributed by atoms with Crippen molar-refractivity contribution in [1.29, 1.82) is 0 Å². The topological polar surface area (TPSA) is 89.6 Å². The van der Waals surface area contributed by atoms with E-state index in [2.05, 4.69) is 9.34 Å². The van der Waals surface area contributed by atoms with Crippen molar-refractivity contribution in [3.8, 4) is 0 Å². The van der Waals surface area contributed by atoms with Gasteiger partial charge in [-0.15, -0.1) is 0 Å². The van der Waals surface area contributed by atoms with Crippen LogP contribution in [0.5, 0.6) is 0 Å². The summed E-state index contributed by atoms with van der Waals surface area (Å²) in [7, 11) is -3.45. The summed E-state index contributed by atoms with van der Waals surface area (Å²) in [6.45, 7) is 4.87. The van der Waals surface area contributed by atoms with Gasteiger partial charge in [0.2, 0.25) is 0 Å². The second-order valence-corrected chi connectivity index (χ2v) is 6.16. The molecule has 0 aliphatic heterocycles. The molecule has 0 bridgehead atoms. The first kappa shape index (κ1) is 14.9. The van der Waals surface area contributed by atoms with Crippen molar-refractivity contribution in [2.45, 2.75) is 26.4 Å². The van der Waals surface area contributed by atoms with E-state index in [0.29, 0.717) is 17.0 Å². The van der Waals surface area contributed by atoms with Crippen LogP contribution < -0.4 is 0 Å². The Balaban J connectivity index is 2.76. The van der Waals surface area contributed by atoms with Crippen LogP contribution in [-0.4, -0.2) is 31.5 Å². The minimum Gasteiger partial charge on any atom is -0.384 e. The molecule has 1 aromatic heterocycles. The largest absolute Gasteiger partial charge is 0.384 e. The Kier molecular flexibility index (Phi) is 4.31. The highest BCUT2D eigenvalue weighted by Crippen LogP contribution is 2.22. The minimum absolute atomic E-state index is 0.0663. The van der Waals surface area contributed by atoms with Crippen molar-refractivity contribution in [1.82, 2.24) is 5.16 Å². The number of hydrogen-bond donors (Lipinski definition) is 1. The molecule has 0 aliphatic carbocycles. The highest BCUT2D eigenvalue weighted by atomic mass is 32.2. The maximum absolute atomic E-state index is 10.8. The molecular weight excluding hydrogens is 258 g/mol. The van der Waals surface area contributed by atoms with Gasteiger partial charge in [0.15, 0.2) is 5.76 Å². The summed E-state index contributed by atoms with van der Waals surface area (Å²) in [6.07, 6.45) is 2.55. The highest BCUT2D eigenvalue weighted by molar-refractivity contribution is 7.85. The number of aromatic nitrogens is 1. The van der Waals surface area contributed by atoms with E-state index < -0.39 is 15.7 Å². The summed E-state index contributed by atoms with van der Waals surface area (Å²) in [5, 5.41) is 13.5. The minimum atomic E-state index is -3.45. The molecule has 0 saturated heterocycles. The second kappa shape index (κ2) is 5.21. The molecule has 0 spiro atoms. The third-order valence-corrected chi connectivity index (χ3v) is 2.76. The van der Waals surface area contributed by atoms with Gasteiger partial charge in [0.05, 0.1) is 12.9 Å². The Hall–Kier alpha value is -1.18. The number of allylic oxidation sites excluding steroid dienone is 1. The van der Waals surface area contributed by atoms with E-state index in [1.807, 2.05) is 0 Å². The Bertz CT molecular complexity index is 536. The fraction of sp³-hybridized carbons (Fsp3) is 0.545. The van der Waals surface area contributed by atoms with Gasteiger partial charge in [-0.2, -0.15) is 8.42 Å². The van der Waals surface area contributed by atoms with Gasteiger partial charge in [0.25, 0.3) is 10.1 Å². The fourth-order valence-corrected chi connectivity index (χ4v) is 1.45. The number of nitrogens with zero attached hydrogens (tertiary/aromatic N) is 1. The van der Waals surface area contributed by atoms with Crippen molar-refractivity contribution >= 4 is 15.7 Å². The predicted molar refractivity (Wildman–Crippen MR) is 66.2 cm³/mol. The molecule has 1 N–H and O–H groups in total. The lowest BCUT2D eigenvalue weighted by Gasteiger charge is -2.11. The molecular formula is C11H17NO5S. The van der Waals surface area contributed by atoms with E-state index in [9.17, 15) is 13.5 Å². The monoisotopic (exact) mass is 275 g/mol. The maximum Gasteiger partial charge on any atom is 0.264 e. The van der Waals surface area contributed by atoms with E-state index in [1.54, 1.807) is 32.9 Å². The lowest BCUT2D eigenvalue weighted by atomic mass is 10.0. The summed E-state index contributed by atoms with van der Waals surface area (Å²) >= 11 is 0. The normalized spacial score (nSPS) is 13.9. The number of aliphatic hydroxyl groups is 1. The molecule has 102 valence electrons. The highest BCUT2D eigenvalue weighted by Gasteiger charge is 2.21. The molecule has 6 nitrogen and oxygen atoms in total. The molecule has 0 radical (unpaired) electrons. The molecule has 1 rings (SSSR count). The lowest BCUT2D eigenvalue weighted by Crippen LogP contribution is -2.15. The molecule has 7 heteroatoms. The van der Waals surface area contributed by atoms with Gasteiger partial charge in [-0.3, -0.25) is 4.18 Å². The maximum atomic E-state index is 10.8. The van der Waals surface area contributed by atoms with Crippen LogP contribution in [-0.2, 0) is 19.9 Å². The second-order valence-electron chi connectivity index (χ2n) is 4.51. The average Bonchev–Trinajstić information content (AvgIpc) is 2.62. The van der Waals surface area contributed by atoms with Gasteiger partial charge < -0.3 is 9.63 Å². The molecule has 0 unspecified atom stereocenters. The smallest absolute Gasteiger partial charge is 0.264 e. The molecule has 0 amide bonds. The molecule has 0 fully saturated rings. The summed E-state index contributed by atoms with van der Waals surface area (Å²) in [6, 6.07) is 1.60. The van der Waals surface area contributed by atoms with Crippen LogP contribution in [0.1, 0.15) is 32.2 Å². The van der Waals surface area contributed by atoms with Gasteiger partial charge in [0, 0.05) is 6.07 Å². The van der Waals surface area contributed by atoms with Crippen molar-refractivity contribution in [3.05, 3.63) is 23.6 Å². The summed E-state index contributed by atoms with van der Waals surface area (Å²) < 4.78 is 31.2. The van der Waals surface area contributed by atoms with Gasteiger partial charge in [-0.05, 0) is 26.3 Å². The van der Waals surface area contributed by atoms with Crippen LogP contribution >= 0.6 is 0 Å². The van der Waals surface area contributed by atoms with Crippen molar-refractivity contribution in [2.75, 3.05) is 12.9 Å². The van der Waals surface area contributed by atoms with E-state index in [-0.39, 0.29) is 6.61 Å². The standard InChI is InChI=1S/C11H17NO5S/c1-8(5-6-16-18(4,14)15)9-7-10(12-17-9)11(2,3)13/h5,7,13H,6H2,1-4H3/b8-5+. The fourth-order valence-electron chi connectivity index (χ4n) is 1.13. The zero-order valence-electron chi connectivity index (χ0n) is 10.8. The van der Waals surface area contributed by atoms with Crippen LogP contribution in [0, 0.1) is 0 Å². The van der Waals surface area contributed by atoms with Gasteiger partial charge >= 0.3 is 0 Å². The SMILES string of the molecule is C/C(=C\COS(C)(=O)=O)c1cc(C(C)(C)O)no1. The van der Waals surface area contributed by atoms with E-state index in [0.717, 1.165) is 6.26 Å². The van der Waals surface area contributed by atoms with Crippen molar-refractivity contribution < 1.29 is 22.2 Å². The quantitative estimate of drug-likeness (QED) is 0.814. The van der Waals surface area contributed by atoms with Gasteiger partial charge in [0.1, 0.15) is 11.3 Å². The third kappa shape index (κ3) is 4.59. The van der Waals surface area contributed by atoms with Crippen LogP contribution in [0.15, 0.2) is 16.7 Å². The van der Waals surface area contributed by atoms with E-state index in [1.165, 1.54) is 0 Å². The summed E-state index contributed by atoms with van der Waals surface area (Å²) in [4.78, 5) is 0. The predicted octanol–water partition coefficient (Wildman–Crippen LogP) is 1.28. The Morgan fingerprint density at radius 3 is 2.67 bits per heavy atom. The first-order chi connectivity index (χ1) is 8.09. The molecule has 0 aromatic carbocycles. The van der Waals surface area contributed by atoms with Crippen LogP contribution in [0.4, 0.5) is 0 Å².